The van der Waals surface area contributed by atoms with Crippen molar-refractivity contribution < 1.29 is 32.9 Å². The van der Waals surface area contributed by atoms with Crippen LogP contribution in [0.2, 0.25) is 0 Å². The first kappa shape index (κ1) is 22.7. The standard InChI is InChI=1S/C19H24F3N3O4S/c1-2-16(27)23-13-9-25(14(10-26)18(13)28)7-3-4-17-24-12-8-11(29-19(20,21)22)5-6-15(12)30-17/h5-6,8,13-14,18,26,28H,2-4,7,9-10H2,1H3,(H,23,27)/t13-,14-,18+/m0/s1. The minimum atomic E-state index is -4.75. The molecular weight excluding hydrogens is 423 g/mol. The van der Waals surface area contributed by atoms with E-state index in [4.69, 9.17) is 0 Å². The van der Waals surface area contributed by atoms with Crippen LogP contribution in [-0.4, -0.2) is 70.3 Å². The van der Waals surface area contributed by atoms with Gasteiger partial charge in [0, 0.05) is 25.5 Å². The van der Waals surface area contributed by atoms with E-state index in [9.17, 15) is 28.2 Å². The van der Waals surface area contributed by atoms with Crippen molar-refractivity contribution in [1.29, 1.82) is 0 Å². The van der Waals surface area contributed by atoms with Gasteiger partial charge in [0.2, 0.25) is 5.91 Å². The average Bonchev–Trinajstić information content (AvgIpc) is 3.20. The number of aryl methyl sites for hydroxylation is 1. The summed E-state index contributed by atoms with van der Waals surface area (Å²) >= 11 is 1.40. The summed E-state index contributed by atoms with van der Waals surface area (Å²) in [6, 6.07) is 3.20. The molecule has 0 aliphatic carbocycles. The zero-order valence-electron chi connectivity index (χ0n) is 16.4. The highest BCUT2D eigenvalue weighted by Gasteiger charge is 2.40. The van der Waals surface area contributed by atoms with E-state index in [2.05, 4.69) is 15.0 Å². The predicted octanol–water partition coefficient (Wildman–Crippen LogP) is 2.06. The quantitative estimate of drug-likeness (QED) is 0.574. The molecule has 2 heterocycles. The number of thiazole rings is 1. The fourth-order valence-electron chi connectivity index (χ4n) is 3.59. The maximum absolute atomic E-state index is 12.4. The molecule has 1 saturated heterocycles. The maximum Gasteiger partial charge on any atom is 0.573 e. The van der Waals surface area contributed by atoms with Gasteiger partial charge >= 0.3 is 6.36 Å². The van der Waals surface area contributed by atoms with Crippen molar-refractivity contribution in [3.8, 4) is 5.75 Å². The molecule has 0 saturated carbocycles. The third-order valence-electron chi connectivity index (χ3n) is 5.03. The predicted molar refractivity (Wildman–Crippen MR) is 105 cm³/mol. The van der Waals surface area contributed by atoms with Gasteiger partial charge in [0.05, 0.1) is 40.0 Å². The van der Waals surface area contributed by atoms with Crippen LogP contribution in [0.4, 0.5) is 13.2 Å². The maximum atomic E-state index is 12.4. The Morgan fingerprint density at radius 3 is 2.87 bits per heavy atom. The highest BCUT2D eigenvalue weighted by atomic mass is 32.1. The fourth-order valence-corrected chi connectivity index (χ4v) is 4.58. The summed E-state index contributed by atoms with van der Waals surface area (Å²) in [5, 5.41) is 23.5. The van der Waals surface area contributed by atoms with E-state index in [1.54, 1.807) is 13.0 Å². The Labute approximate surface area is 175 Å². The molecule has 0 spiro atoms. The Morgan fingerprint density at radius 2 is 2.20 bits per heavy atom. The van der Waals surface area contributed by atoms with Gasteiger partial charge in [0.1, 0.15) is 5.75 Å². The molecule has 0 bridgehead atoms. The topological polar surface area (TPSA) is 94.9 Å². The fraction of sp³-hybridized carbons (Fsp3) is 0.579. The van der Waals surface area contributed by atoms with Crippen molar-refractivity contribution in [3.05, 3.63) is 23.2 Å². The molecule has 30 heavy (non-hydrogen) atoms. The van der Waals surface area contributed by atoms with Crippen molar-refractivity contribution >= 4 is 27.5 Å². The Balaban J connectivity index is 1.57. The number of nitrogens with one attached hydrogen (secondary N) is 1. The van der Waals surface area contributed by atoms with Crippen molar-refractivity contribution in [2.24, 2.45) is 0 Å². The average molecular weight is 447 g/mol. The van der Waals surface area contributed by atoms with E-state index in [-0.39, 0.29) is 18.3 Å². The molecule has 7 nitrogen and oxygen atoms in total. The number of ether oxygens (including phenoxy) is 1. The van der Waals surface area contributed by atoms with Crippen LogP contribution in [0.1, 0.15) is 24.8 Å². The minimum Gasteiger partial charge on any atom is -0.406 e. The minimum absolute atomic E-state index is 0.152. The molecule has 2 aromatic rings. The lowest BCUT2D eigenvalue weighted by Gasteiger charge is -2.23. The molecule has 3 N–H and O–H groups in total. The summed E-state index contributed by atoms with van der Waals surface area (Å²) in [5.41, 5.74) is 0.448. The second-order valence-electron chi connectivity index (χ2n) is 7.15. The summed E-state index contributed by atoms with van der Waals surface area (Å²) in [7, 11) is 0. The number of amides is 1. The molecule has 1 fully saturated rings. The Kier molecular flexibility index (Phi) is 7.17. The molecule has 1 aliphatic rings. The summed E-state index contributed by atoms with van der Waals surface area (Å²) in [6.07, 6.45) is -3.99. The highest BCUT2D eigenvalue weighted by molar-refractivity contribution is 7.18. The molecule has 3 rings (SSSR count). The number of likely N-dealkylation sites (tertiary alicyclic amines) is 1. The van der Waals surface area contributed by atoms with Gasteiger partial charge in [-0.15, -0.1) is 24.5 Å². The third kappa shape index (κ3) is 5.60. The molecule has 0 unspecified atom stereocenters. The van der Waals surface area contributed by atoms with Crippen LogP contribution in [0, 0.1) is 0 Å². The molecule has 11 heteroatoms. The second kappa shape index (κ2) is 9.46. The number of carbonyl (C=O) groups is 1. The van der Waals surface area contributed by atoms with E-state index >= 15 is 0 Å². The summed E-state index contributed by atoms with van der Waals surface area (Å²) < 4.78 is 41.8. The number of nitrogens with zero attached hydrogens (tertiary/aromatic N) is 2. The molecule has 1 amide bonds. The third-order valence-corrected chi connectivity index (χ3v) is 6.13. The Morgan fingerprint density at radius 1 is 1.43 bits per heavy atom. The van der Waals surface area contributed by atoms with Crippen LogP contribution in [0.5, 0.6) is 5.75 Å². The number of hydrogen-bond acceptors (Lipinski definition) is 7. The van der Waals surface area contributed by atoms with E-state index in [0.717, 1.165) is 9.71 Å². The van der Waals surface area contributed by atoms with Crippen LogP contribution in [0.25, 0.3) is 10.2 Å². The molecule has 3 atom stereocenters. The number of benzene rings is 1. The Bertz CT molecular complexity index is 876. The van der Waals surface area contributed by atoms with Gasteiger partial charge in [-0.3, -0.25) is 9.69 Å². The molecule has 1 aromatic heterocycles. The first-order valence-corrected chi connectivity index (χ1v) is 10.5. The number of hydrogen-bond donors (Lipinski definition) is 3. The van der Waals surface area contributed by atoms with Gasteiger partial charge in [0.15, 0.2) is 0 Å². The zero-order chi connectivity index (χ0) is 21.9. The van der Waals surface area contributed by atoms with E-state index in [0.29, 0.717) is 37.9 Å². The lowest BCUT2D eigenvalue weighted by atomic mass is 10.1. The first-order chi connectivity index (χ1) is 14.2. The normalized spacial score (nSPS) is 22.5. The van der Waals surface area contributed by atoms with E-state index < -0.39 is 24.6 Å². The lowest BCUT2D eigenvalue weighted by molar-refractivity contribution is -0.274. The number of rotatable bonds is 8. The monoisotopic (exact) mass is 447 g/mol. The van der Waals surface area contributed by atoms with Crippen LogP contribution in [0.15, 0.2) is 18.2 Å². The summed E-state index contributed by atoms with van der Waals surface area (Å²) in [6.45, 7) is 2.53. The van der Waals surface area contributed by atoms with Gasteiger partial charge in [-0.25, -0.2) is 4.98 Å². The SMILES string of the molecule is CCC(=O)N[C@H]1CN(CCCc2nc3cc(OC(F)(F)F)ccc3s2)[C@@H](CO)[C@@H]1O. The molecular formula is C19H24F3N3O4S. The van der Waals surface area contributed by atoms with Gasteiger partial charge < -0.3 is 20.3 Å². The van der Waals surface area contributed by atoms with Crippen molar-refractivity contribution in [2.75, 3.05) is 19.7 Å². The number of aliphatic hydroxyl groups excluding tert-OH is 2. The lowest BCUT2D eigenvalue weighted by Crippen LogP contribution is -2.45. The van der Waals surface area contributed by atoms with Crippen molar-refractivity contribution in [3.63, 3.8) is 0 Å². The van der Waals surface area contributed by atoms with Crippen LogP contribution < -0.4 is 10.1 Å². The first-order valence-electron chi connectivity index (χ1n) is 9.67. The Hall–Kier alpha value is -1.95. The largest absolute Gasteiger partial charge is 0.573 e. The van der Waals surface area contributed by atoms with Crippen molar-refractivity contribution in [2.45, 2.75) is 50.7 Å². The molecule has 1 aromatic carbocycles. The van der Waals surface area contributed by atoms with Crippen molar-refractivity contribution in [1.82, 2.24) is 15.2 Å². The van der Waals surface area contributed by atoms with Gasteiger partial charge in [-0.1, -0.05) is 6.92 Å². The van der Waals surface area contributed by atoms with Crippen LogP contribution in [-0.2, 0) is 11.2 Å². The molecule has 0 radical (unpaired) electrons. The summed E-state index contributed by atoms with van der Waals surface area (Å²) in [5.74, 6) is -0.454. The van der Waals surface area contributed by atoms with Crippen LogP contribution >= 0.6 is 11.3 Å². The second-order valence-corrected chi connectivity index (χ2v) is 8.27. The number of fused-ring (bicyclic) bond motifs is 1. The van der Waals surface area contributed by atoms with E-state index in [1.807, 2.05) is 4.90 Å². The summed E-state index contributed by atoms with van der Waals surface area (Å²) in [4.78, 5) is 17.9. The number of alkyl halides is 3. The molecule has 166 valence electrons. The number of aromatic nitrogens is 1. The van der Waals surface area contributed by atoms with E-state index in [1.165, 1.54) is 23.5 Å². The molecule has 1 aliphatic heterocycles. The zero-order valence-corrected chi connectivity index (χ0v) is 17.2. The van der Waals surface area contributed by atoms with Gasteiger partial charge in [0.25, 0.3) is 0 Å². The smallest absolute Gasteiger partial charge is 0.406 e. The van der Waals surface area contributed by atoms with Crippen LogP contribution in [0.3, 0.4) is 0 Å². The number of carbonyl (C=O) groups excluding carboxylic acids is 1. The van der Waals surface area contributed by atoms with Gasteiger partial charge in [-0.05, 0) is 25.1 Å². The highest BCUT2D eigenvalue weighted by Crippen LogP contribution is 2.30. The number of halogens is 3. The number of aliphatic hydroxyl groups is 2. The van der Waals surface area contributed by atoms with Gasteiger partial charge in [-0.2, -0.15) is 0 Å².